The van der Waals surface area contributed by atoms with Crippen LogP contribution >= 0.6 is 11.8 Å². The standard InChI is InChI=1S/C12H14N4OS/c1-9(10-5-3-2-4-6-10)15-11(17)7-18-12-13-8-14-16-12/h2-6,8-9H,7H2,1H3,(H,15,17)(H,13,14,16)/t9-/m0/s1. The lowest BCUT2D eigenvalue weighted by molar-refractivity contribution is -0.119. The first-order valence-corrected chi connectivity index (χ1v) is 6.57. The summed E-state index contributed by atoms with van der Waals surface area (Å²) in [5.74, 6) is 0.305. The molecule has 2 N–H and O–H groups in total. The van der Waals surface area contributed by atoms with Crippen molar-refractivity contribution >= 4 is 17.7 Å². The van der Waals surface area contributed by atoms with Crippen LogP contribution in [0.5, 0.6) is 0 Å². The first kappa shape index (κ1) is 12.6. The molecule has 2 aromatic rings. The fourth-order valence-electron chi connectivity index (χ4n) is 1.51. The van der Waals surface area contributed by atoms with Crippen LogP contribution in [0.4, 0.5) is 0 Å². The van der Waals surface area contributed by atoms with E-state index in [1.807, 2.05) is 37.3 Å². The Morgan fingerprint density at radius 3 is 2.89 bits per heavy atom. The van der Waals surface area contributed by atoms with E-state index < -0.39 is 0 Å². The molecule has 2 rings (SSSR count). The molecule has 0 radical (unpaired) electrons. The SMILES string of the molecule is C[C@H](NC(=O)CSc1ncn[nH]1)c1ccccc1. The van der Waals surface area contributed by atoms with Crippen molar-refractivity contribution in [1.29, 1.82) is 0 Å². The van der Waals surface area contributed by atoms with Gasteiger partial charge >= 0.3 is 0 Å². The molecule has 1 amide bonds. The molecule has 0 spiro atoms. The summed E-state index contributed by atoms with van der Waals surface area (Å²) in [5, 5.41) is 10.0. The highest BCUT2D eigenvalue weighted by Gasteiger charge is 2.09. The maximum Gasteiger partial charge on any atom is 0.230 e. The van der Waals surface area contributed by atoms with Gasteiger partial charge in [0.1, 0.15) is 6.33 Å². The molecular weight excluding hydrogens is 248 g/mol. The first-order valence-electron chi connectivity index (χ1n) is 5.58. The fourth-order valence-corrected chi connectivity index (χ4v) is 2.10. The first-order chi connectivity index (χ1) is 8.75. The van der Waals surface area contributed by atoms with Gasteiger partial charge in [-0.1, -0.05) is 42.1 Å². The topological polar surface area (TPSA) is 70.7 Å². The summed E-state index contributed by atoms with van der Waals surface area (Å²) in [7, 11) is 0. The summed E-state index contributed by atoms with van der Waals surface area (Å²) in [6.07, 6.45) is 1.42. The second-order valence-electron chi connectivity index (χ2n) is 3.78. The number of rotatable bonds is 5. The minimum Gasteiger partial charge on any atom is -0.349 e. The lowest BCUT2D eigenvalue weighted by atomic mass is 10.1. The molecule has 0 aliphatic carbocycles. The molecule has 6 heteroatoms. The van der Waals surface area contributed by atoms with Crippen molar-refractivity contribution < 1.29 is 4.79 Å². The third-order valence-corrected chi connectivity index (χ3v) is 3.29. The molecule has 0 fully saturated rings. The number of hydrogen-bond acceptors (Lipinski definition) is 4. The Bertz CT molecular complexity index is 486. The maximum atomic E-state index is 11.7. The molecule has 0 bridgehead atoms. The summed E-state index contributed by atoms with van der Waals surface area (Å²) in [6, 6.07) is 9.87. The second-order valence-corrected chi connectivity index (χ2v) is 4.74. The molecule has 1 heterocycles. The van der Waals surface area contributed by atoms with Crippen molar-refractivity contribution in [1.82, 2.24) is 20.5 Å². The van der Waals surface area contributed by atoms with Gasteiger partial charge in [0, 0.05) is 0 Å². The van der Waals surface area contributed by atoms with E-state index in [4.69, 9.17) is 0 Å². The minimum atomic E-state index is -0.0206. The van der Waals surface area contributed by atoms with Crippen LogP contribution in [0, 0.1) is 0 Å². The lowest BCUT2D eigenvalue weighted by Crippen LogP contribution is -2.28. The van der Waals surface area contributed by atoms with Gasteiger partial charge in [-0.25, -0.2) is 4.98 Å². The van der Waals surface area contributed by atoms with Crippen molar-refractivity contribution in [2.75, 3.05) is 5.75 Å². The van der Waals surface area contributed by atoms with E-state index in [1.165, 1.54) is 18.1 Å². The summed E-state index contributed by atoms with van der Waals surface area (Å²) < 4.78 is 0. The van der Waals surface area contributed by atoms with Crippen LogP contribution in [0.1, 0.15) is 18.5 Å². The monoisotopic (exact) mass is 262 g/mol. The zero-order valence-electron chi connectivity index (χ0n) is 9.96. The zero-order valence-corrected chi connectivity index (χ0v) is 10.8. The normalized spacial score (nSPS) is 12.1. The number of benzene rings is 1. The van der Waals surface area contributed by atoms with Gasteiger partial charge in [0.15, 0.2) is 5.16 Å². The van der Waals surface area contributed by atoms with Gasteiger partial charge in [-0.3, -0.25) is 9.89 Å². The number of carbonyl (C=O) groups is 1. The van der Waals surface area contributed by atoms with Crippen molar-refractivity contribution in [3.63, 3.8) is 0 Å². The van der Waals surface area contributed by atoms with Crippen LogP contribution in [-0.2, 0) is 4.79 Å². The number of aromatic nitrogens is 3. The Morgan fingerprint density at radius 1 is 1.44 bits per heavy atom. The van der Waals surface area contributed by atoms with Crippen molar-refractivity contribution in [2.24, 2.45) is 0 Å². The molecule has 18 heavy (non-hydrogen) atoms. The summed E-state index contributed by atoms with van der Waals surface area (Å²) in [4.78, 5) is 15.7. The van der Waals surface area contributed by atoms with E-state index in [0.717, 1.165) is 5.56 Å². The average molecular weight is 262 g/mol. The van der Waals surface area contributed by atoms with E-state index in [2.05, 4.69) is 20.5 Å². The van der Waals surface area contributed by atoms with E-state index in [1.54, 1.807) is 0 Å². The lowest BCUT2D eigenvalue weighted by Gasteiger charge is -2.13. The third kappa shape index (κ3) is 3.59. The summed E-state index contributed by atoms with van der Waals surface area (Å²) in [6.45, 7) is 1.96. The Balaban J connectivity index is 1.80. The number of aromatic amines is 1. The van der Waals surface area contributed by atoms with Gasteiger partial charge in [0.05, 0.1) is 11.8 Å². The van der Waals surface area contributed by atoms with Gasteiger partial charge < -0.3 is 5.32 Å². The van der Waals surface area contributed by atoms with Crippen molar-refractivity contribution in [2.45, 2.75) is 18.1 Å². The van der Waals surface area contributed by atoms with Gasteiger partial charge in [-0.15, -0.1) is 0 Å². The van der Waals surface area contributed by atoms with E-state index in [9.17, 15) is 4.79 Å². The van der Waals surface area contributed by atoms with E-state index in [-0.39, 0.29) is 11.9 Å². The van der Waals surface area contributed by atoms with Crippen LogP contribution in [0.25, 0.3) is 0 Å². The summed E-state index contributed by atoms with van der Waals surface area (Å²) >= 11 is 1.33. The molecule has 1 atom stereocenters. The van der Waals surface area contributed by atoms with Crippen molar-refractivity contribution in [3.8, 4) is 0 Å². The van der Waals surface area contributed by atoms with Crippen molar-refractivity contribution in [3.05, 3.63) is 42.2 Å². The van der Waals surface area contributed by atoms with Gasteiger partial charge in [-0.2, -0.15) is 5.10 Å². The highest BCUT2D eigenvalue weighted by atomic mass is 32.2. The maximum absolute atomic E-state index is 11.7. The third-order valence-electron chi connectivity index (χ3n) is 2.41. The Morgan fingerprint density at radius 2 is 2.22 bits per heavy atom. The molecule has 0 aliphatic rings. The van der Waals surface area contributed by atoms with Gasteiger partial charge in [0.25, 0.3) is 0 Å². The quantitative estimate of drug-likeness (QED) is 0.806. The van der Waals surface area contributed by atoms with Gasteiger partial charge in [0.2, 0.25) is 5.91 Å². The number of nitrogens with one attached hydrogen (secondary N) is 2. The molecule has 1 aromatic carbocycles. The average Bonchev–Trinajstić information content (AvgIpc) is 2.90. The molecule has 94 valence electrons. The number of thioether (sulfide) groups is 1. The number of amides is 1. The Kier molecular flexibility index (Phi) is 4.35. The molecule has 0 saturated carbocycles. The second kappa shape index (κ2) is 6.20. The molecular formula is C12H14N4OS. The van der Waals surface area contributed by atoms with Crippen LogP contribution in [0.15, 0.2) is 41.8 Å². The molecule has 5 nitrogen and oxygen atoms in total. The van der Waals surface area contributed by atoms with E-state index in [0.29, 0.717) is 10.9 Å². The summed E-state index contributed by atoms with van der Waals surface area (Å²) in [5.41, 5.74) is 1.09. The fraction of sp³-hybridized carbons (Fsp3) is 0.250. The molecule has 0 aliphatic heterocycles. The van der Waals surface area contributed by atoms with Gasteiger partial charge in [-0.05, 0) is 12.5 Å². The van der Waals surface area contributed by atoms with E-state index >= 15 is 0 Å². The van der Waals surface area contributed by atoms with Crippen LogP contribution in [0.3, 0.4) is 0 Å². The minimum absolute atomic E-state index is 0.00836. The highest BCUT2D eigenvalue weighted by Crippen LogP contribution is 2.13. The highest BCUT2D eigenvalue weighted by molar-refractivity contribution is 7.99. The Hall–Kier alpha value is -1.82. The number of carbonyl (C=O) groups excluding carboxylic acids is 1. The molecule has 1 aromatic heterocycles. The number of hydrogen-bond donors (Lipinski definition) is 2. The number of nitrogens with zero attached hydrogens (tertiary/aromatic N) is 2. The Labute approximate surface area is 109 Å². The number of H-pyrrole nitrogens is 1. The van der Waals surface area contributed by atoms with Crippen LogP contribution < -0.4 is 5.32 Å². The predicted molar refractivity (Wildman–Crippen MR) is 70.1 cm³/mol. The van der Waals surface area contributed by atoms with Crippen LogP contribution in [0.2, 0.25) is 0 Å². The molecule has 0 saturated heterocycles. The molecule has 0 unspecified atom stereocenters. The van der Waals surface area contributed by atoms with Crippen LogP contribution in [-0.4, -0.2) is 26.8 Å². The largest absolute Gasteiger partial charge is 0.349 e. The zero-order chi connectivity index (χ0) is 12.8. The smallest absolute Gasteiger partial charge is 0.230 e. The predicted octanol–water partition coefficient (Wildman–Crippen LogP) is 1.77.